The molecule has 5 radical (unpaired) electrons. The molecule has 0 amide bonds. The fourth-order valence-corrected chi connectivity index (χ4v) is 0. The molecule has 173 valence electrons. The summed E-state index contributed by atoms with van der Waals surface area (Å²) in [5.74, 6) is 0. The van der Waals surface area contributed by atoms with E-state index in [4.69, 9.17) is 64.1 Å². The Bertz CT molecular complexity index is 303. The molecule has 0 aliphatic rings. The van der Waals surface area contributed by atoms with Gasteiger partial charge in [0.1, 0.15) is 0 Å². The van der Waals surface area contributed by atoms with Gasteiger partial charge in [-0.15, -0.1) is 0 Å². The zero-order chi connectivity index (χ0) is 18.0. The van der Waals surface area contributed by atoms with E-state index in [0.717, 1.165) is 0 Å². The van der Waals surface area contributed by atoms with Crippen LogP contribution < -0.4 is 74.6 Å². The van der Waals surface area contributed by atoms with Gasteiger partial charge in [-0.05, 0) is 0 Å². The minimum Gasteiger partial charge on any atom is 1.00 e. The summed E-state index contributed by atoms with van der Waals surface area (Å²) in [4.78, 5) is 0. The second-order valence-electron chi connectivity index (χ2n) is 1.81. The van der Waals surface area contributed by atoms with E-state index in [1.54, 1.807) is 0 Å². The standard InChI is InChI=1S/4AsH3O4.5Cu.Na/c4*2-1(3,4)5;;;;;;/h4*(H3,2,3,4,5);;;;;;/q;;;;5*+2;+1/p-11. The van der Waals surface area contributed by atoms with Gasteiger partial charge in [-0.3, -0.25) is 0 Å². The molecule has 0 heterocycles. The van der Waals surface area contributed by atoms with Crippen molar-refractivity contribution < 1.29 is 179 Å². The van der Waals surface area contributed by atoms with E-state index in [0.29, 0.717) is 0 Å². The van der Waals surface area contributed by atoms with Gasteiger partial charge in [0.05, 0.1) is 0 Å². The monoisotopic (exact) mass is 894 g/mol. The van der Waals surface area contributed by atoms with Crippen LogP contribution in [0.1, 0.15) is 0 Å². The van der Waals surface area contributed by atoms with Gasteiger partial charge in [-0.25, -0.2) is 0 Å². The maximum atomic E-state index is 8.72. The normalized spacial score (nSPS) is 9.08. The summed E-state index contributed by atoms with van der Waals surface area (Å²) < 4.78 is 136. The zero-order valence-electron chi connectivity index (χ0n) is 10.9. The van der Waals surface area contributed by atoms with Crippen molar-refractivity contribution in [3.8, 4) is 0 Å². The Kier molecular flexibility index (Phi) is 71.8. The maximum absolute atomic E-state index is 8.72. The van der Waals surface area contributed by atoms with E-state index < -0.39 is 58.1 Å². The average molecular weight is 897 g/mol. The van der Waals surface area contributed by atoms with Gasteiger partial charge >= 0.3 is 237 Å². The molecule has 0 atom stereocenters. The van der Waals surface area contributed by atoms with Crippen LogP contribution in [0.2, 0.25) is 0 Å². The van der Waals surface area contributed by atoms with Crippen molar-refractivity contribution in [2.45, 2.75) is 0 Å². The minimum absolute atomic E-state index is 0. The molecule has 0 bridgehead atoms. The molecule has 0 saturated carbocycles. The first-order valence-electron chi connectivity index (χ1n) is 2.94. The molecule has 26 heavy (non-hydrogen) atoms. The summed E-state index contributed by atoms with van der Waals surface area (Å²) in [6.07, 6.45) is 0. The van der Waals surface area contributed by atoms with Crippen molar-refractivity contribution in [2.24, 2.45) is 0 Å². The SMILES string of the molecule is O=[As]([O-])([O-])O.O=[As]([O-])([O-])[O-].O=[As]([O-])([O-])[O-].O=[As]([O-])([O-])[O-].[Cu+2].[Cu+2].[Cu+2].[Cu+2].[Cu+2].[Na+]. The van der Waals surface area contributed by atoms with Crippen LogP contribution in [0.3, 0.4) is 0 Å². The molecule has 26 heteroatoms. The van der Waals surface area contributed by atoms with Crippen molar-refractivity contribution in [2.75, 3.05) is 0 Å². The van der Waals surface area contributed by atoms with Crippen molar-refractivity contribution in [3.05, 3.63) is 0 Å². The van der Waals surface area contributed by atoms with E-state index in [1.807, 2.05) is 0 Å². The third-order valence-corrected chi connectivity index (χ3v) is 0. The van der Waals surface area contributed by atoms with Crippen molar-refractivity contribution in [1.29, 1.82) is 0 Å². The average Bonchev–Trinajstić information content (AvgIpc) is 1.62. The van der Waals surface area contributed by atoms with Crippen LogP contribution in [0.15, 0.2) is 0 Å². The van der Waals surface area contributed by atoms with E-state index in [9.17, 15) is 0 Å². The van der Waals surface area contributed by atoms with Gasteiger partial charge in [-0.2, -0.15) is 0 Å². The third kappa shape index (κ3) is 1050. The van der Waals surface area contributed by atoms with Crippen molar-refractivity contribution in [3.63, 3.8) is 0 Å². The molecule has 1 N–H and O–H groups in total. The molecule has 16 nitrogen and oxygen atoms in total. The first kappa shape index (κ1) is 63.2. The number of hydrogen-bond donors (Lipinski definition) is 1. The molecular formula is HAs4Cu5NaO16. The summed E-state index contributed by atoms with van der Waals surface area (Å²) >= 11 is -23.2. The van der Waals surface area contributed by atoms with Crippen LogP contribution in [-0.2, 0) is 100 Å². The van der Waals surface area contributed by atoms with Gasteiger partial charge in [0, 0.05) is 0 Å². The van der Waals surface area contributed by atoms with Crippen LogP contribution in [0.25, 0.3) is 0 Å². The fraction of sp³-hybridized carbons (Fsp3) is 0. The maximum Gasteiger partial charge on any atom is 2.00 e. The molecule has 0 rings (SSSR count). The molecule has 0 aromatic rings. The minimum atomic E-state index is -5.88. The van der Waals surface area contributed by atoms with Crippen molar-refractivity contribution >= 4 is 58.1 Å². The summed E-state index contributed by atoms with van der Waals surface area (Å²) in [6, 6.07) is 0. The van der Waals surface area contributed by atoms with Crippen molar-refractivity contribution in [1.82, 2.24) is 0 Å². The summed E-state index contributed by atoms with van der Waals surface area (Å²) in [5, 5.41) is 0. The molecule has 0 fully saturated rings. The van der Waals surface area contributed by atoms with Crippen LogP contribution in [0, 0.1) is 0 Å². The molecule has 0 aliphatic heterocycles. The predicted molar refractivity (Wildman–Crippen MR) is 28.0 cm³/mol. The van der Waals surface area contributed by atoms with E-state index >= 15 is 0 Å². The fourth-order valence-electron chi connectivity index (χ4n) is 0. The van der Waals surface area contributed by atoms with Crippen LogP contribution in [0.5, 0.6) is 0 Å². The van der Waals surface area contributed by atoms with Crippen LogP contribution in [-0.4, -0.2) is 62.2 Å². The van der Waals surface area contributed by atoms with Gasteiger partial charge in [-0.1, -0.05) is 0 Å². The first-order valence-corrected chi connectivity index (χ1v) is 15.3. The Hall–Kier alpha value is 4.55. The molecule has 0 aromatic heterocycles. The van der Waals surface area contributed by atoms with Gasteiger partial charge in [0.15, 0.2) is 0 Å². The quantitative estimate of drug-likeness (QED) is 0.221. The Morgan fingerprint density at radius 1 is 0.423 bits per heavy atom. The molecule has 0 aliphatic carbocycles. The van der Waals surface area contributed by atoms with Gasteiger partial charge < -0.3 is 0 Å². The molecule has 0 saturated heterocycles. The Morgan fingerprint density at radius 2 is 0.423 bits per heavy atom. The Morgan fingerprint density at radius 3 is 0.423 bits per heavy atom. The van der Waals surface area contributed by atoms with E-state index in [-0.39, 0.29) is 115 Å². The summed E-state index contributed by atoms with van der Waals surface area (Å²) in [6.45, 7) is 0. The zero-order valence-corrected chi connectivity index (χ0v) is 25.1. The van der Waals surface area contributed by atoms with Crippen LogP contribution >= 0.6 is 0 Å². The predicted octanol–water partition coefficient (Wildman–Crippen LogP) is -18.6. The first-order chi connectivity index (χ1) is 8.00. The van der Waals surface area contributed by atoms with E-state index in [2.05, 4.69) is 0 Å². The largest absolute Gasteiger partial charge is 2.00 e. The van der Waals surface area contributed by atoms with E-state index in [1.165, 1.54) is 0 Å². The molecule has 0 spiro atoms. The van der Waals surface area contributed by atoms with Gasteiger partial charge in [0.25, 0.3) is 0 Å². The van der Waals surface area contributed by atoms with Gasteiger partial charge in [0.2, 0.25) is 0 Å². The topological polar surface area (TPSA) is 342 Å². The second kappa shape index (κ2) is 29.6. The summed E-state index contributed by atoms with van der Waals surface area (Å²) in [5.41, 5.74) is 0. The third-order valence-electron chi connectivity index (χ3n) is 0. The Balaban J connectivity index is -0.0000000152. The molecule has 0 aromatic carbocycles. The Labute approximate surface area is 233 Å². The second-order valence-corrected chi connectivity index (χ2v) is 9.41. The summed E-state index contributed by atoms with van der Waals surface area (Å²) in [7, 11) is 0. The van der Waals surface area contributed by atoms with Crippen LogP contribution in [0.4, 0.5) is 0 Å². The molecular weight excluding hydrogens is 896 g/mol. The smallest absolute Gasteiger partial charge is 1.00 e. The molecule has 0 unspecified atom stereocenters. The number of hydrogen-bond acceptors (Lipinski definition) is 15. The number of rotatable bonds is 0.